The normalized spacial score (nSPS) is 17.7. The molecule has 1 aromatic heterocycles. The predicted octanol–water partition coefficient (Wildman–Crippen LogP) is 4.02. The number of benzene rings is 2. The number of aromatic nitrogens is 1. The summed E-state index contributed by atoms with van der Waals surface area (Å²) in [4.78, 5) is 31.7. The molecule has 1 atom stereocenters. The minimum absolute atomic E-state index is 0.0611. The first-order chi connectivity index (χ1) is 15.0. The van der Waals surface area contributed by atoms with Crippen LogP contribution in [0.2, 0.25) is 0 Å². The Morgan fingerprint density at radius 1 is 1.10 bits per heavy atom. The number of nitrogens with zero attached hydrogens (tertiary/aromatic N) is 2. The van der Waals surface area contributed by atoms with Crippen molar-refractivity contribution in [3.8, 4) is 5.75 Å². The number of carbonyl (C=O) groups is 2. The predicted molar refractivity (Wildman–Crippen MR) is 116 cm³/mol. The largest absolute Gasteiger partial charge is 0.507 e. The third-order valence-electron chi connectivity index (χ3n) is 5.35. The molecule has 1 aliphatic heterocycles. The van der Waals surface area contributed by atoms with Crippen molar-refractivity contribution in [2.24, 2.45) is 0 Å². The molecule has 0 saturated carbocycles. The molecule has 0 radical (unpaired) electrons. The number of amides is 1. The van der Waals surface area contributed by atoms with Crippen molar-refractivity contribution >= 4 is 17.4 Å². The van der Waals surface area contributed by atoms with Crippen LogP contribution >= 0.6 is 0 Å². The Bertz CT molecular complexity index is 1150. The number of rotatable bonds is 5. The monoisotopic (exact) mass is 414 g/mol. The number of carbonyl (C=O) groups excluding carboxylic acids is 2. The summed E-state index contributed by atoms with van der Waals surface area (Å²) in [5.74, 6) is -1.05. The van der Waals surface area contributed by atoms with E-state index in [9.17, 15) is 14.7 Å². The Balaban J connectivity index is 1.86. The number of ketones is 1. The minimum atomic E-state index is -0.716. The number of likely N-dealkylation sites (tertiary alicyclic amines) is 1. The van der Waals surface area contributed by atoms with E-state index in [0.29, 0.717) is 11.3 Å². The summed E-state index contributed by atoms with van der Waals surface area (Å²) in [6.07, 6.45) is 3.31. The average Bonchev–Trinajstić information content (AvgIpc) is 3.05. The van der Waals surface area contributed by atoms with Gasteiger partial charge in [0.15, 0.2) is 0 Å². The zero-order valence-electron chi connectivity index (χ0n) is 17.3. The van der Waals surface area contributed by atoms with Gasteiger partial charge in [0.1, 0.15) is 11.5 Å². The van der Waals surface area contributed by atoms with Crippen LogP contribution in [0.1, 0.15) is 28.3 Å². The second-order valence-electron chi connectivity index (χ2n) is 7.43. The molecule has 1 aliphatic rings. The Hall–Kier alpha value is -3.93. The summed E-state index contributed by atoms with van der Waals surface area (Å²) < 4.78 is 5.24. The van der Waals surface area contributed by atoms with E-state index in [1.165, 1.54) is 12.0 Å². The van der Waals surface area contributed by atoms with Crippen molar-refractivity contribution < 1.29 is 19.4 Å². The first-order valence-electron chi connectivity index (χ1n) is 9.88. The van der Waals surface area contributed by atoms with E-state index in [1.54, 1.807) is 42.7 Å². The number of hydrogen-bond acceptors (Lipinski definition) is 5. The molecule has 0 unspecified atom stereocenters. The highest BCUT2D eigenvalue weighted by molar-refractivity contribution is 6.46. The van der Waals surface area contributed by atoms with E-state index < -0.39 is 17.7 Å². The third kappa shape index (κ3) is 3.92. The highest BCUT2D eigenvalue weighted by atomic mass is 16.5. The molecule has 0 bridgehead atoms. The summed E-state index contributed by atoms with van der Waals surface area (Å²) in [7, 11) is 1.53. The van der Waals surface area contributed by atoms with Gasteiger partial charge in [-0.05, 0) is 36.2 Å². The summed E-state index contributed by atoms with van der Waals surface area (Å²) in [5, 5.41) is 11.1. The Morgan fingerprint density at radius 3 is 2.55 bits per heavy atom. The molecule has 2 aromatic carbocycles. The molecule has 4 rings (SSSR count). The molecule has 1 saturated heterocycles. The van der Waals surface area contributed by atoms with E-state index in [2.05, 4.69) is 4.98 Å². The summed E-state index contributed by atoms with van der Waals surface area (Å²) >= 11 is 0. The highest BCUT2D eigenvalue weighted by Crippen LogP contribution is 2.40. The number of methoxy groups -OCH3 is 1. The Morgan fingerprint density at radius 2 is 1.87 bits per heavy atom. The topological polar surface area (TPSA) is 79.7 Å². The smallest absolute Gasteiger partial charge is 0.295 e. The number of Topliss-reactive ketones (excluding diaryl/α,β-unsaturated/α-hetero) is 1. The Kier molecular flexibility index (Phi) is 5.54. The van der Waals surface area contributed by atoms with Crippen LogP contribution in [0.3, 0.4) is 0 Å². The van der Waals surface area contributed by atoms with Gasteiger partial charge in [0.25, 0.3) is 11.7 Å². The summed E-state index contributed by atoms with van der Waals surface area (Å²) in [6, 6.07) is 17.3. The molecule has 1 fully saturated rings. The van der Waals surface area contributed by atoms with Crippen molar-refractivity contribution in [2.45, 2.75) is 19.5 Å². The molecule has 3 aromatic rings. The lowest BCUT2D eigenvalue weighted by molar-refractivity contribution is -0.140. The number of hydrogen-bond donors (Lipinski definition) is 1. The van der Waals surface area contributed by atoms with Crippen LogP contribution in [0.25, 0.3) is 5.76 Å². The van der Waals surface area contributed by atoms with Crippen LogP contribution < -0.4 is 4.74 Å². The van der Waals surface area contributed by atoms with Crippen LogP contribution in [0.4, 0.5) is 0 Å². The highest BCUT2D eigenvalue weighted by Gasteiger charge is 2.46. The molecule has 0 spiro atoms. The van der Waals surface area contributed by atoms with Crippen LogP contribution in [-0.2, 0) is 16.1 Å². The molecule has 156 valence electrons. The van der Waals surface area contributed by atoms with Crippen LogP contribution in [0.5, 0.6) is 5.75 Å². The lowest BCUT2D eigenvalue weighted by Gasteiger charge is -2.25. The van der Waals surface area contributed by atoms with E-state index in [-0.39, 0.29) is 17.9 Å². The van der Waals surface area contributed by atoms with Crippen molar-refractivity contribution in [2.75, 3.05) is 7.11 Å². The fraction of sp³-hybridized carbons (Fsp3) is 0.160. The molecule has 1 N–H and O–H groups in total. The van der Waals surface area contributed by atoms with Crippen molar-refractivity contribution in [1.82, 2.24) is 9.88 Å². The molecule has 2 heterocycles. The Labute approximate surface area is 180 Å². The summed E-state index contributed by atoms with van der Waals surface area (Å²) in [5.41, 5.74) is 3.07. The SMILES string of the molecule is COc1cccc(C(O)=C2C(=O)C(=O)N(Cc3cccnc3)[C@@H]2c2ccc(C)cc2)c1. The maximum atomic E-state index is 13.1. The molecule has 6 heteroatoms. The maximum absolute atomic E-state index is 13.1. The molecular formula is C25H22N2O4. The minimum Gasteiger partial charge on any atom is -0.507 e. The van der Waals surface area contributed by atoms with Gasteiger partial charge in [0.05, 0.1) is 18.7 Å². The van der Waals surface area contributed by atoms with E-state index in [1.807, 2.05) is 37.3 Å². The molecular weight excluding hydrogens is 392 g/mol. The number of aryl methyl sites for hydroxylation is 1. The number of aliphatic hydroxyl groups is 1. The third-order valence-corrected chi connectivity index (χ3v) is 5.35. The fourth-order valence-electron chi connectivity index (χ4n) is 3.75. The van der Waals surface area contributed by atoms with Gasteiger partial charge in [-0.25, -0.2) is 0 Å². The van der Waals surface area contributed by atoms with E-state index in [4.69, 9.17) is 4.74 Å². The van der Waals surface area contributed by atoms with Gasteiger partial charge >= 0.3 is 0 Å². The number of ether oxygens (including phenoxy) is 1. The van der Waals surface area contributed by atoms with Gasteiger partial charge in [-0.3, -0.25) is 14.6 Å². The van der Waals surface area contributed by atoms with Crippen molar-refractivity contribution in [3.63, 3.8) is 0 Å². The average molecular weight is 414 g/mol. The van der Waals surface area contributed by atoms with Gasteiger partial charge in [-0.2, -0.15) is 0 Å². The lowest BCUT2D eigenvalue weighted by atomic mass is 9.94. The molecule has 6 nitrogen and oxygen atoms in total. The zero-order chi connectivity index (χ0) is 22.0. The summed E-state index contributed by atoms with van der Waals surface area (Å²) in [6.45, 7) is 2.17. The van der Waals surface area contributed by atoms with E-state index >= 15 is 0 Å². The molecule has 31 heavy (non-hydrogen) atoms. The molecule has 1 amide bonds. The van der Waals surface area contributed by atoms with Gasteiger partial charge in [0.2, 0.25) is 0 Å². The number of aliphatic hydroxyl groups excluding tert-OH is 1. The van der Waals surface area contributed by atoms with Gasteiger partial charge in [-0.1, -0.05) is 48.0 Å². The fourth-order valence-corrected chi connectivity index (χ4v) is 3.75. The van der Waals surface area contributed by atoms with Crippen LogP contribution in [-0.4, -0.2) is 33.8 Å². The zero-order valence-corrected chi connectivity index (χ0v) is 17.3. The first-order valence-corrected chi connectivity index (χ1v) is 9.88. The quantitative estimate of drug-likeness (QED) is 0.388. The first kappa shape index (κ1) is 20.3. The van der Waals surface area contributed by atoms with Gasteiger partial charge in [0, 0.05) is 24.5 Å². The maximum Gasteiger partial charge on any atom is 0.295 e. The number of pyridine rings is 1. The van der Waals surface area contributed by atoms with Crippen LogP contribution in [0, 0.1) is 6.92 Å². The van der Waals surface area contributed by atoms with Crippen molar-refractivity contribution in [1.29, 1.82) is 0 Å². The molecule has 0 aliphatic carbocycles. The second kappa shape index (κ2) is 8.44. The second-order valence-corrected chi connectivity index (χ2v) is 7.43. The van der Waals surface area contributed by atoms with Gasteiger partial charge in [-0.15, -0.1) is 0 Å². The van der Waals surface area contributed by atoms with E-state index in [0.717, 1.165) is 16.7 Å². The van der Waals surface area contributed by atoms with Gasteiger partial charge < -0.3 is 14.7 Å². The lowest BCUT2D eigenvalue weighted by Crippen LogP contribution is -2.29. The standard InChI is InChI=1S/C25H22N2O4/c1-16-8-10-18(11-9-16)22-21(23(28)19-6-3-7-20(13-19)31-2)24(29)25(30)27(22)15-17-5-4-12-26-14-17/h3-14,22,28H,15H2,1-2H3/t22-/m1/s1. The van der Waals surface area contributed by atoms with Crippen LogP contribution in [0.15, 0.2) is 78.6 Å². The van der Waals surface area contributed by atoms with Crippen molar-refractivity contribution in [3.05, 3.63) is 101 Å².